The fraction of sp³-hybridized carbons (Fsp3) is 0.333. The minimum atomic E-state index is -2.85. The van der Waals surface area contributed by atoms with Gasteiger partial charge in [0.2, 0.25) is 0 Å². The summed E-state index contributed by atoms with van der Waals surface area (Å²) in [6.45, 7) is -0.112. The largest absolute Gasteiger partial charge is 0.481 e. The molecule has 1 rings (SSSR count). The van der Waals surface area contributed by atoms with Crippen LogP contribution in [-0.4, -0.2) is 16.1 Å². The molecule has 0 aliphatic rings. The molecule has 0 fully saturated rings. The van der Waals surface area contributed by atoms with Crippen molar-refractivity contribution in [3.63, 3.8) is 0 Å². The van der Waals surface area contributed by atoms with Gasteiger partial charge < -0.3 is 10.8 Å². The third-order valence-corrected chi connectivity index (χ3v) is 2.31. The van der Waals surface area contributed by atoms with E-state index < -0.39 is 24.4 Å². The van der Waals surface area contributed by atoms with Crippen LogP contribution in [0.1, 0.15) is 23.2 Å². The summed E-state index contributed by atoms with van der Waals surface area (Å²) < 4.78 is 25.4. The van der Waals surface area contributed by atoms with Gasteiger partial charge in [-0.05, 0) is 5.56 Å². The van der Waals surface area contributed by atoms with Gasteiger partial charge in [0, 0.05) is 18.3 Å². The van der Waals surface area contributed by atoms with Crippen LogP contribution >= 0.6 is 11.6 Å². The molecule has 0 unspecified atom stereocenters. The van der Waals surface area contributed by atoms with Gasteiger partial charge in [-0.25, -0.2) is 8.78 Å². The van der Waals surface area contributed by atoms with E-state index in [4.69, 9.17) is 22.4 Å². The minimum Gasteiger partial charge on any atom is -0.481 e. The molecule has 88 valence electrons. The van der Waals surface area contributed by atoms with Crippen LogP contribution in [0.15, 0.2) is 6.20 Å². The lowest BCUT2D eigenvalue weighted by atomic mass is 10.0. The molecule has 1 heterocycles. The molecular weight excluding hydrogens is 242 g/mol. The first-order valence-corrected chi connectivity index (χ1v) is 4.71. The summed E-state index contributed by atoms with van der Waals surface area (Å²) in [4.78, 5) is 14.3. The van der Waals surface area contributed by atoms with Crippen molar-refractivity contribution in [2.75, 3.05) is 0 Å². The van der Waals surface area contributed by atoms with Crippen LogP contribution in [0.3, 0.4) is 0 Å². The number of carboxylic acid groups (broad SMARTS) is 1. The Hall–Kier alpha value is -1.27. The summed E-state index contributed by atoms with van der Waals surface area (Å²) in [5.41, 5.74) is 4.83. The van der Waals surface area contributed by atoms with E-state index in [1.54, 1.807) is 0 Å². The van der Waals surface area contributed by atoms with E-state index in [9.17, 15) is 13.6 Å². The number of nitrogens with zero attached hydrogens (tertiary/aromatic N) is 1. The van der Waals surface area contributed by atoms with E-state index in [1.165, 1.54) is 0 Å². The maximum absolute atomic E-state index is 12.7. The number of nitrogens with two attached hydrogens (primary N) is 1. The minimum absolute atomic E-state index is 0.0995. The van der Waals surface area contributed by atoms with Gasteiger partial charge in [-0.15, -0.1) is 0 Å². The normalized spacial score (nSPS) is 10.8. The topological polar surface area (TPSA) is 76.2 Å². The van der Waals surface area contributed by atoms with Gasteiger partial charge in [-0.1, -0.05) is 11.6 Å². The van der Waals surface area contributed by atoms with E-state index in [2.05, 4.69) is 4.98 Å². The number of rotatable bonds is 4. The third kappa shape index (κ3) is 2.65. The summed E-state index contributed by atoms with van der Waals surface area (Å²) in [5.74, 6) is -1.24. The Bertz CT molecular complexity index is 413. The number of aromatic nitrogens is 1. The molecule has 0 aromatic carbocycles. The summed E-state index contributed by atoms with van der Waals surface area (Å²) >= 11 is 5.56. The smallest absolute Gasteiger partial charge is 0.307 e. The number of pyridine rings is 1. The van der Waals surface area contributed by atoms with Gasteiger partial charge in [0.15, 0.2) is 0 Å². The molecule has 7 heteroatoms. The predicted octanol–water partition coefficient (Wildman–Crippen LogP) is 1.76. The second kappa shape index (κ2) is 5.18. The highest BCUT2D eigenvalue weighted by atomic mass is 35.5. The average Bonchev–Trinajstić information content (AvgIpc) is 2.16. The van der Waals surface area contributed by atoms with E-state index in [0.717, 1.165) is 6.20 Å². The molecule has 0 aliphatic carbocycles. The summed E-state index contributed by atoms with van der Waals surface area (Å²) in [5, 5.41) is 8.38. The van der Waals surface area contributed by atoms with Crippen LogP contribution in [0.5, 0.6) is 0 Å². The Labute approximate surface area is 95.0 Å². The van der Waals surface area contributed by atoms with E-state index in [0.29, 0.717) is 0 Å². The highest BCUT2D eigenvalue weighted by Crippen LogP contribution is 2.31. The van der Waals surface area contributed by atoms with Crippen LogP contribution in [0.4, 0.5) is 8.78 Å². The SMILES string of the molecule is NCc1ncc(Cl)c(C(F)F)c1CC(=O)O. The highest BCUT2D eigenvalue weighted by Gasteiger charge is 2.22. The van der Waals surface area contributed by atoms with Crippen LogP contribution in [0.2, 0.25) is 5.02 Å². The van der Waals surface area contributed by atoms with Crippen molar-refractivity contribution in [2.24, 2.45) is 5.73 Å². The van der Waals surface area contributed by atoms with Crippen LogP contribution in [0.25, 0.3) is 0 Å². The Kier molecular flexibility index (Phi) is 4.14. The Balaban J connectivity index is 3.36. The Morgan fingerprint density at radius 3 is 2.69 bits per heavy atom. The molecule has 4 nitrogen and oxygen atoms in total. The van der Waals surface area contributed by atoms with Crippen LogP contribution in [-0.2, 0) is 17.8 Å². The first-order valence-electron chi connectivity index (χ1n) is 4.33. The molecule has 0 saturated carbocycles. The number of carboxylic acids is 1. The number of hydrogen-bond donors (Lipinski definition) is 2. The van der Waals surface area contributed by atoms with Crippen molar-refractivity contribution in [3.8, 4) is 0 Å². The second-order valence-electron chi connectivity index (χ2n) is 3.02. The van der Waals surface area contributed by atoms with E-state index in [-0.39, 0.29) is 22.8 Å². The lowest BCUT2D eigenvalue weighted by molar-refractivity contribution is -0.136. The summed E-state index contributed by atoms with van der Waals surface area (Å²) in [6.07, 6.45) is -2.37. The van der Waals surface area contributed by atoms with Crippen molar-refractivity contribution < 1.29 is 18.7 Å². The fourth-order valence-electron chi connectivity index (χ4n) is 1.34. The maximum Gasteiger partial charge on any atom is 0.307 e. The number of halogens is 3. The van der Waals surface area contributed by atoms with Crippen molar-refractivity contribution in [3.05, 3.63) is 28.0 Å². The monoisotopic (exact) mass is 250 g/mol. The lowest BCUT2D eigenvalue weighted by Crippen LogP contribution is -2.12. The van der Waals surface area contributed by atoms with Gasteiger partial charge in [0.1, 0.15) is 0 Å². The molecule has 16 heavy (non-hydrogen) atoms. The zero-order valence-electron chi connectivity index (χ0n) is 8.08. The first-order chi connectivity index (χ1) is 7.47. The van der Waals surface area contributed by atoms with Gasteiger partial charge in [-0.3, -0.25) is 9.78 Å². The summed E-state index contributed by atoms with van der Waals surface area (Å²) in [7, 11) is 0. The van der Waals surface area contributed by atoms with Crippen molar-refractivity contribution >= 4 is 17.6 Å². The number of hydrogen-bond acceptors (Lipinski definition) is 3. The quantitative estimate of drug-likeness (QED) is 0.854. The molecule has 1 aromatic rings. The molecule has 1 aromatic heterocycles. The molecule has 0 bridgehead atoms. The molecule has 0 aliphatic heterocycles. The number of aliphatic carboxylic acids is 1. The average molecular weight is 251 g/mol. The molecule has 0 amide bonds. The lowest BCUT2D eigenvalue weighted by Gasteiger charge is -2.12. The first kappa shape index (κ1) is 12.8. The van der Waals surface area contributed by atoms with Gasteiger partial charge >= 0.3 is 5.97 Å². The van der Waals surface area contributed by atoms with Crippen LogP contribution < -0.4 is 5.73 Å². The maximum atomic E-state index is 12.7. The standard InChI is InChI=1S/C9H9ClF2N2O2/c10-5-3-14-6(2-13)4(1-7(15)16)8(5)9(11)12/h3,9H,1-2,13H2,(H,15,16). The van der Waals surface area contributed by atoms with Crippen molar-refractivity contribution in [2.45, 2.75) is 19.4 Å². The molecule has 0 saturated heterocycles. The highest BCUT2D eigenvalue weighted by molar-refractivity contribution is 6.31. The predicted molar refractivity (Wildman–Crippen MR) is 53.4 cm³/mol. The molecular formula is C9H9ClF2N2O2. The third-order valence-electron chi connectivity index (χ3n) is 2.00. The van der Waals surface area contributed by atoms with Gasteiger partial charge in [0.05, 0.1) is 17.1 Å². The second-order valence-corrected chi connectivity index (χ2v) is 3.43. The van der Waals surface area contributed by atoms with E-state index >= 15 is 0 Å². The van der Waals surface area contributed by atoms with Crippen LogP contribution in [0, 0.1) is 0 Å². The number of carbonyl (C=O) groups is 1. The number of alkyl halides is 2. The molecule has 0 radical (unpaired) electrons. The van der Waals surface area contributed by atoms with Crippen molar-refractivity contribution in [1.29, 1.82) is 0 Å². The van der Waals surface area contributed by atoms with E-state index in [1.807, 2.05) is 0 Å². The zero-order valence-corrected chi connectivity index (χ0v) is 8.84. The zero-order chi connectivity index (χ0) is 12.3. The van der Waals surface area contributed by atoms with Crippen molar-refractivity contribution in [1.82, 2.24) is 4.98 Å². The fourth-order valence-corrected chi connectivity index (χ4v) is 1.59. The Morgan fingerprint density at radius 1 is 1.62 bits per heavy atom. The van der Waals surface area contributed by atoms with Gasteiger partial charge in [0.25, 0.3) is 6.43 Å². The summed E-state index contributed by atoms with van der Waals surface area (Å²) in [6, 6.07) is 0. The molecule has 0 spiro atoms. The van der Waals surface area contributed by atoms with Gasteiger partial charge in [-0.2, -0.15) is 0 Å². The molecule has 3 N–H and O–H groups in total. The Morgan fingerprint density at radius 2 is 2.25 bits per heavy atom. The molecule has 0 atom stereocenters.